The Morgan fingerprint density at radius 1 is 1.55 bits per heavy atom. The van der Waals surface area contributed by atoms with E-state index in [-0.39, 0.29) is 11.3 Å². The van der Waals surface area contributed by atoms with Crippen LogP contribution in [-0.4, -0.2) is 15.8 Å². The van der Waals surface area contributed by atoms with Crippen LogP contribution in [0.1, 0.15) is 15.2 Å². The first-order valence-corrected chi connectivity index (χ1v) is 6.17. The molecule has 1 amide bonds. The van der Waals surface area contributed by atoms with Crippen LogP contribution in [0, 0.1) is 22.9 Å². The lowest BCUT2D eigenvalue weighted by molar-refractivity contribution is -0.385. The van der Waals surface area contributed by atoms with Crippen molar-refractivity contribution in [3.05, 3.63) is 44.7 Å². The number of carbonyl (C=O) groups is 1. The number of hydrogen-bond acceptors (Lipinski definition) is 6. The Balaban J connectivity index is 2.38. The minimum Gasteiger partial charge on any atom is -0.396 e. The monoisotopic (exact) mass is 296 g/mol. The molecular weight excluding hydrogens is 287 g/mol. The molecule has 0 saturated heterocycles. The number of nitrogens with two attached hydrogens (primary N) is 1. The summed E-state index contributed by atoms with van der Waals surface area (Å²) >= 11 is 1.21. The van der Waals surface area contributed by atoms with Crippen molar-refractivity contribution in [2.45, 2.75) is 6.92 Å². The van der Waals surface area contributed by atoms with Crippen LogP contribution in [-0.2, 0) is 0 Å². The third-order valence-corrected chi connectivity index (χ3v) is 3.23. The van der Waals surface area contributed by atoms with Crippen molar-refractivity contribution in [2.75, 3.05) is 11.1 Å². The molecule has 0 aliphatic rings. The number of nitrogen functional groups attached to an aromatic ring is 1. The number of thiazole rings is 1. The predicted molar refractivity (Wildman–Crippen MR) is 72.3 cm³/mol. The van der Waals surface area contributed by atoms with E-state index in [0.717, 1.165) is 10.9 Å². The quantitative estimate of drug-likeness (QED) is 0.513. The highest BCUT2D eigenvalue weighted by Crippen LogP contribution is 2.26. The van der Waals surface area contributed by atoms with E-state index in [0.29, 0.717) is 11.2 Å². The van der Waals surface area contributed by atoms with Crippen molar-refractivity contribution in [2.24, 2.45) is 0 Å². The molecule has 1 aromatic heterocycles. The van der Waals surface area contributed by atoms with Crippen LogP contribution >= 0.6 is 11.3 Å². The van der Waals surface area contributed by atoms with Gasteiger partial charge in [-0.25, -0.2) is 9.37 Å². The average Bonchev–Trinajstić information content (AvgIpc) is 2.77. The first-order chi connectivity index (χ1) is 9.38. The number of nitrogens with one attached hydrogen (secondary N) is 1. The van der Waals surface area contributed by atoms with Gasteiger partial charge in [0.15, 0.2) is 10.9 Å². The van der Waals surface area contributed by atoms with Gasteiger partial charge in [0, 0.05) is 11.1 Å². The molecule has 0 aliphatic heterocycles. The van der Waals surface area contributed by atoms with Gasteiger partial charge in [0.2, 0.25) is 0 Å². The summed E-state index contributed by atoms with van der Waals surface area (Å²) in [4.78, 5) is 26.8. The molecule has 1 aromatic carbocycles. The van der Waals surface area contributed by atoms with E-state index in [1.165, 1.54) is 11.3 Å². The normalized spacial score (nSPS) is 10.3. The van der Waals surface area contributed by atoms with Gasteiger partial charge in [0.25, 0.3) is 11.6 Å². The topological polar surface area (TPSA) is 111 Å². The average molecular weight is 296 g/mol. The van der Waals surface area contributed by atoms with Crippen molar-refractivity contribution in [3.8, 4) is 0 Å². The molecule has 0 radical (unpaired) electrons. The molecule has 7 nitrogen and oxygen atoms in total. The number of hydrogen-bond donors (Lipinski definition) is 2. The zero-order valence-corrected chi connectivity index (χ0v) is 11.0. The summed E-state index contributed by atoms with van der Waals surface area (Å²) in [6, 6.07) is 1.56. The smallest absolute Gasteiger partial charge is 0.285 e. The largest absolute Gasteiger partial charge is 0.396 e. The molecule has 0 bridgehead atoms. The summed E-state index contributed by atoms with van der Waals surface area (Å²) in [5.74, 6) is -1.71. The Bertz CT molecular complexity index is 701. The third-order valence-electron chi connectivity index (χ3n) is 2.40. The number of carbonyl (C=O) groups excluding carboxylic acids is 1. The van der Waals surface area contributed by atoms with Gasteiger partial charge in [-0.05, 0) is 13.0 Å². The highest BCUT2D eigenvalue weighted by Gasteiger charge is 2.23. The van der Waals surface area contributed by atoms with Crippen molar-refractivity contribution < 1.29 is 14.1 Å². The molecule has 0 atom stereocenters. The van der Waals surface area contributed by atoms with Gasteiger partial charge >= 0.3 is 0 Å². The van der Waals surface area contributed by atoms with Gasteiger partial charge in [-0.3, -0.25) is 20.2 Å². The number of nitro benzene ring substituents is 1. The van der Waals surface area contributed by atoms with Crippen molar-refractivity contribution in [1.82, 2.24) is 4.98 Å². The molecule has 20 heavy (non-hydrogen) atoms. The standard InChI is InChI=1S/C11H9FN4O3S/c1-5-4-14-11(20-5)15-10(17)6-2-8(13)7(12)3-9(6)16(18)19/h2-4H,13H2,1H3,(H,14,15,17). The minimum atomic E-state index is -0.946. The maximum atomic E-state index is 13.2. The van der Waals surface area contributed by atoms with Gasteiger partial charge in [-0.2, -0.15) is 0 Å². The molecule has 3 N–H and O–H groups in total. The Hall–Kier alpha value is -2.55. The summed E-state index contributed by atoms with van der Waals surface area (Å²) in [6.07, 6.45) is 1.55. The number of aromatic nitrogens is 1. The van der Waals surface area contributed by atoms with Crippen molar-refractivity contribution in [1.29, 1.82) is 0 Å². The lowest BCUT2D eigenvalue weighted by Crippen LogP contribution is -2.14. The van der Waals surface area contributed by atoms with E-state index in [4.69, 9.17) is 5.73 Å². The SMILES string of the molecule is Cc1cnc(NC(=O)c2cc(N)c(F)cc2[N+](=O)[O-])s1. The second-order valence-electron chi connectivity index (χ2n) is 3.88. The Morgan fingerprint density at radius 2 is 2.25 bits per heavy atom. The number of rotatable bonds is 3. The molecule has 2 aromatic rings. The predicted octanol–water partition coefficient (Wildman–Crippen LogP) is 2.33. The second kappa shape index (κ2) is 5.21. The molecule has 104 valence electrons. The fourth-order valence-electron chi connectivity index (χ4n) is 1.49. The lowest BCUT2D eigenvalue weighted by Gasteiger charge is -2.05. The number of amides is 1. The van der Waals surface area contributed by atoms with Crippen molar-refractivity contribution >= 4 is 33.8 Å². The number of aryl methyl sites for hydroxylation is 1. The molecular formula is C11H9FN4O3S. The van der Waals surface area contributed by atoms with Gasteiger partial charge < -0.3 is 5.73 Å². The van der Waals surface area contributed by atoms with Crippen LogP contribution < -0.4 is 11.1 Å². The van der Waals surface area contributed by atoms with E-state index in [1.807, 2.05) is 0 Å². The zero-order chi connectivity index (χ0) is 14.9. The fourth-order valence-corrected chi connectivity index (χ4v) is 2.15. The molecule has 0 spiro atoms. The maximum absolute atomic E-state index is 13.2. The molecule has 1 heterocycles. The Kier molecular flexibility index (Phi) is 3.61. The van der Waals surface area contributed by atoms with Crippen LogP contribution in [0.5, 0.6) is 0 Å². The minimum absolute atomic E-state index is 0.296. The highest BCUT2D eigenvalue weighted by atomic mass is 32.1. The third kappa shape index (κ3) is 2.72. The van der Waals surface area contributed by atoms with Gasteiger partial charge in [-0.15, -0.1) is 11.3 Å². The lowest BCUT2D eigenvalue weighted by atomic mass is 10.1. The van der Waals surface area contributed by atoms with Gasteiger partial charge in [0.1, 0.15) is 5.56 Å². The summed E-state index contributed by atoms with van der Waals surface area (Å²) in [7, 11) is 0. The number of halogens is 1. The summed E-state index contributed by atoms with van der Waals surface area (Å²) in [5, 5.41) is 13.6. The van der Waals surface area contributed by atoms with Crippen LogP contribution in [0.4, 0.5) is 20.9 Å². The van der Waals surface area contributed by atoms with Crippen LogP contribution in [0.3, 0.4) is 0 Å². The maximum Gasteiger partial charge on any atom is 0.285 e. The molecule has 2 rings (SSSR count). The Morgan fingerprint density at radius 3 is 2.80 bits per heavy atom. The van der Waals surface area contributed by atoms with E-state index in [1.54, 1.807) is 13.1 Å². The molecule has 0 unspecified atom stereocenters. The summed E-state index contributed by atoms with van der Waals surface area (Å²) in [6.45, 7) is 1.80. The van der Waals surface area contributed by atoms with Crippen LogP contribution in [0.15, 0.2) is 18.3 Å². The zero-order valence-electron chi connectivity index (χ0n) is 10.2. The van der Waals surface area contributed by atoms with E-state index in [9.17, 15) is 19.3 Å². The molecule has 0 aliphatic carbocycles. The molecule has 0 fully saturated rings. The Labute approximate surface area is 116 Å². The van der Waals surface area contributed by atoms with E-state index >= 15 is 0 Å². The molecule has 9 heteroatoms. The summed E-state index contributed by atoms with van der Waals surface area (Å²) in [5.41, 5.74) is 4.03. The van der Waals surface area contributed by atoms with Crippen LogP contribution in [0.25, 0.3) is 0 Å². The highest BCUT2D eigenvalue weighted by molar-refractivity contribution is 7.15. The van der Waals surface area contributed by atoms with E-state index < -0.39 is 22.3 Å². The van der Waals surface area contributed by atoms with Crippen LogP contribution in [0.2, 0.25) is 0 Å². The first kappa shape index (κ1) is 13.9. The van der Waals surface area contributed by atoms with Crippen molar-refractivity contribution in [3.63, 3.8) is 0 Å². The number of anilines is 2. The number of benzene rings is 1. The number of nitrogens with zero attached hydrogens (tertiary/aromatic N) is 2. The van der Waals surface area contributed by atoms with Gasteiger partial charge in [0.05, 0.1) is 16.7 Å². The summed E-state index contributed by atoms with van der Waals surface area (Å²) < 4.78 is 13.2. The molecule has 0 saturated carbocycles. The fraction of sp³-hybridized carbons (Fsp3) is 0.0909. The van der Waals surface area contributed by atoms with Gasteiger partial charge in [-0.1, -0.05) is 0 Å². The first-order valence-electron chi connectivity index (χ1n) is 5.35. The number of nitro groups is 1. The second-order valence-corrected chi connectivity index (χ2v) is 5.11. The van der Waals surface area contributed by atoms with E-state index in [2.05, 4.69) is 10.3 Å².